The van der Waals surface area contributed by atoms with E-state index in [9.17, 15) is 14.8 Å². The zero-order valence-corrected chi connectivity index (χ0v) is 19.0. The molecule has 8 nitrogen and oxygen atoms in total. The highest BCUT2D eigenvalue weighted by molar-refractivity contribution is 5.80. The number of nitrogens with one attached hydrogen (secondary N) is 1. The summed E-state index contributed by atoms with van der Waals surface area (Å²) in [6.07, 6.45) is 9.06. The molecule has 0 aliphatic heterocycles. The highest BCUT2D eigenvalue weighted by Gasteiger charge is 2.35. The van der Waals surface area contributed by atoms with Crippen LogP contribution < -0.4 is 5.32 Å². The fraction of sp³-hybridized carbons (Fsp3) is 0.652. The maximum Gasteiger partial charge on any atom is 0.233 e. The second-order valence-electron chi connectivity index (χ2n) is 9.70. The summed E-state index contributed by atoms with van der Waals surface area (Å²) in [5, 5.41) is 13.6. The molecule has 8 heteroatoms. The van der Waals surface area contributed by atoms with Crippen LogP contribution in [-0.4, -0.2) is 43.7 Å². The van der Waals surface area contributed by atoms with E-state index in [0.29, 0.717) is 23.8 Å². The van der Waals surface area contributed by atoms with Gasteiger partial charge < -0.3 is 9.88 Å². The number of aromatic nitrogens is 3. The molecule has 1 saturated carbocycles. The molecule has 2 aromatic heterocycles. The number of fused-ring (bicyclic) bond motifs is 1. The summed E-state index contributed by atoms with van der Waals surface area (Å²) in [4.78, 5) is 33.4. The second kappa shape index (κ2) is 9.77. The molecule has 170 valence electrons. The van der Waals surface area contributed by atoms with E-state index in [2.05, 4.69) is 42.6 Å². The molecule has 1 aliphatic rings. The minimum Gasteiger partial charge on any atom is -0.345 e. The lowest BCUT2D eigenvalue weighted by Gasteiger charge is -2.33. The zero-order chi connectivity index (χ0) is 22.6. The van der Waals surface area contributed by atoms with Gasteiger partial charge in [-0.05, 0) is 30.7 Å². The van der Waals surface area contributed by atoms with Gasteiger partial charge in [0, 0.05) is 12.7 Å². The van der Waals surface area contributed by atoms with E-state index < -0.39 is 5.92 Å². The molecule has 0 radical (unpaired) electrons. The summed E-state index contributed by atoms with van der Waals surface area (Å²) in [5.41, 5.74) is 1.49. The standard InChI is InChI=1S/C23H35N5O3/c1-5-28-19-10-11-24-13-18(19)25-21(28)20(23(2,3)4)26-22(30)17(14-27(31)15-29)12-16-8-6-7-9-16/h10-11,13,15-17,20,31H,5-9,12,14H2,1-4H3,(H,26,30)/t17-,20-/m1/s1. The first-order valence-electron chi connectivity index (χ1n) is 11.3. The number of amides is 2. The van der Waals surface area contributed by atoms with Crippen molar-refractivity contribution < 1.29 is 14.8 Å². The number of imidazole rings is 1. The van der Waals surface area contributed by atoms with Crippen LogP contribution in [0.25, 0.3) is 11.0 Å². The van der Waals surface area contributed by atoms with Crippen molar-refractivity contribution in [1.82, 2.24) is 24.9 Å². The predicted octanol–water partition coefficient (Wildman–Crippen LogP) is 3.70. The first-order chi connectivity index (χ1) is 14.7. The largest absolute Gasteiger partial charge is 0.345 e. The van der Waals surface area contributed by atoms with Crippen LogP contribution in [-0.2, 0) is 16.1 Å². The average Bonchev–Trinajstić information content (AvgIpc) is 3.37. The number of aryl methyl sites for hydroxylation is 1. The Morgan fingerprint density at radius 2 is 2.10 bits per heavy atom. The van der Waals surface area contributed by atoms with Crippen molar-refractivity contribution >= 4 is 23.4 Å². The van der Waals surface area contributed by atoms with Crippen molar-refractivity contribution in [2.24, 2.45) is 17.3 Å². The monoisotopic (exact) mass is 429 g/mol. The molecular formula is C23H35N5O3. The number of carbonyl (C=O) groups excluding carboxylic acids is 2. The first-order valence-corrected chi connectivity index (χ1v) is 11.3. The van der Waals surface area contributed by atoms with Crippen LogP contribution in [0.5, 0.6) is 0 Å². The van der Waals surface area contributed by atoms with Gasteiger partial charge in [-0.2, -0.15) is 0 Å². The Morgan fingerprint density at radius 3 is 2.71 bits per heavy atom. The van der Waals surface area contributed by atoms with Crippen LogP contribution in [0, 0.1) is 17.3 Å². The van der Waals surface area contributed by atoms with Crippen LogP contribution in [0.4, 0.5) is 0 Å². The van der Waals surface area contributed by atoms with E-state index in [0.717, 1.165) is 36.2 Å². The molecule has 0 spiro atoms. The summed E-state index contributed by atoms with van der Waals surface area (Å²) >= 11 is 0. The van der Waals surface area contributed by atoms with Gasteiger partial charge in [-0.15, -0.1) is 0 Å². The molecule has 0 aromatic carbocycles. The minimum absolute atomic E-state index is 0.00316. The Morgan fingerprint density at radius 1 is 1.39 bits per heavy atom. The van der Waals surface area contributed by atoms with Crippen molar-refractivity contribution in [3.63, 3.8) is 0 Å². The molecule has 1 fully saturated rings. The van der Waals surface area contributed by atoms with Gasteiger partial charge in [-0.3, -0.25) is 19.8 Å². The molecule has 3 rings (SSSR count). The summed E-state index contributed by atoms with van der Waals surface area (Å²) in [5.74, 6) is 0.627. The fourth-order valence-electron chi connectivity index (χ4n) is 4.66. The average molecular weight is 430 g/mol. The summed E-state index contributed by atoms with van der Waals surface area (Å²) in [6, 6.07) is 1.61. The van der Waals surface area contributed by atoms with Gasteiger partial charge in [-0.1, -0.05) is 46.5 Å². The number of nitrogens with zero attached hydrogens (tertiary/aromatic N) is 4. The van der Waals surface area contributed by atoms with Crippen molar-refractivity contribution in [3.8, 4) is 0 Å². The SMILES string of the molecule is CCn1c([C@@H](NC(=O)[C@H](CC2CCCC2)CN(O)C=O)C(C)(C)C)nc2cnccc21. The Hall–Kier alpha value is -2.48. The maximum absolute atomic E-state index is 13.4. The van der Waals surface area contributed by atoms with Crippen molar-refractivity contribution in [2.75, 3.05) is 6.54 Å². The molecule has 2 aromatic rings. The minimum atomic E-state index is -0.468. The Balaban J connectivity index is 1.90. The quantitative estimate of drug-likeness (QED) is 0.360. The summed E-state index contributed by atoms with van der Waals surface area (Å²) in [6.45, 7) is 9.00. The molecule has 0 unspecified atom stereocenters. The van der Waals surface area contributed by atoms with Gasteiger partial charge in [0.1, 0.15) is 11.3 Å². The number of carbonyl (C=O) groups is 2. The van der Waals surface area contributed by atoms with Crippen LogP contribution in [0.15, 0.2) is 18.5 Å². The molecule has 2 amide bonds. The number of hydroxylamine groups is 2. The van der Waals surface area contributed by atoms with Gasteiger partial charge in [-0.25, -0.2) is 10.0 Å². The number of hydrogen-bond acceptors (Lipinski definition) is 5. The normalized spacial score (nSPS) is 16.9. The molecule has 2 N–H and O–H groups in total. The van der Waals surface area contributed by atoms with Gasteiger partial charge >= 0.3 is 0 Å². The smallest absolute Gasteiger partial charge is 0.233 e. The lowest BCUT2D eigenvalue weighted by atomic mass is 9.85. The van der Waals surface area contributed by atoms with Crippen molar-refractivity contribution in [2.45, 2.75) is 72.4 Å². The number of hydrogen-bond donors (Lipinski definition) is 2. The molecule has 31 heavy (non-hydrogen) atoms. The van der Waals surface area contributed by atoms with Gasteiger partial charge in [0.15, 0.2) is 0 Å². The third-order valence-corrected chi connectivity index (χ3v) is 6.30. The highest BCUT2D eigenvalue weighted by Crippen LogP contribution is 2.35. The Bertz CT molecular complexity index is 898. The fourth-order valence-corrected chi connectivity index (χ4v) is 4.66. The molecule has 1 aliphatic carbocycles. The third-order valence-electron chi connectivity index (χ3n) is 6.30. The predicted molar refractivity (Wildman–Crippen MR) is 118 cm³/mol. The zero-order valence-electron chi connectivity index (χ0n) is 19.0. The molecule has 0 bridgehead atoms. The van der Waals surface area contributed by atoms with Crippen LogP contribution in [0.2, 0.25) is 0 Å². The van der Waals surface area contributed by atoms with E-state index in [1.807, 2.05) is 6.07 Å². The van der Waals surface area contributed by atoms with E-state index >= 15 is 0 Å². The molecular weight excluding hydrogens is 394 g/mol. The molecule has 2 atom stereocenters. The highest BCUT2D eigenvalue weighted by atomic mass is 16.5. The third kappa shape index (κ3) is 5.42. The Kier molecular flexibility index (Phi) is 7.30. The lowest BCUT2D eigenvalue weighted by Crippen LogP contribution is -2.44. The maximum atomic E-state index is 13.4. The van der Waals surface area contributed by atoms with Crippen molar-refractivity contribution in [3.05, 3.63) is 24.3 Å². The molecule has 2 heterocycles. The van der Waals surface area contributed by atoms with E-state index in [1.54, 1.807) is 12.4 Å². The molecule has 0 saturated heterocycles. The summed E-state index contributed by atoms with van der Waals surface area (Å²) < 4.78 is 2.11. The summed E-state index contributed by atoms with van der Waals surface area (Å²) in [7, 11) is 0. The number of rotatable bonds is 9. The van der Waals surface area contributed by atoms with Gasteiger partial charge in [0.2, 0.25) is 12.3 Å². The van der Waals surface area contributed by atoms with E-state index in [-0.39, 0.29) is 23.9 Å². The van der Waals surface area contributed by atoms with E-state index in [4.69, 9.17) is 4.98 Å². The van der Waals surface area contributed by atoms with Crippen LogP contribution in [0.3, 0.4) is 0 Å². The van der Waals surface area contributed by atoms with Crippen molar-refractivity contribution in [1.29, 1.82) is 0 Å². The van der Waals surface area contributed by atoms with Gasteiger partial charge in [0.05, 0.1) is 30.2 Å². The van der Waals surface area contributed by atoms with E-state index in [1.165, 1.54) is 12.8 Å². The topological polar surface area (TPSA) is 100 Å². The van der Waals surface area contributed by atoms with Crippen LogP contribution >= 0.6 is 0 Å². The van der Waals surface area contributed by atoms with Gasteiger partial charge in [0.25, 0.3) is 0 Å². The second-order valence-corrected chi connectivity index (χ2v) is 9.70. The number of pyridine rings is 1. The Labute approximate surface area is 184 Å². The van der Waals surface area contributed by atoms with Crippen LogP contribution in [0.1, 0.15) is 71.7 Å². The first kappa shape index (κ1) is 23.2. The lowest BCUT2D eigenvalue weighted by molar-refractivity contribution is -0.155.